The van der Waals surface area contributed by atoms with Gasteiger partial charge in [0.2, 0.25) is 5.91 Å². The van der Waals surface area contributed by atoms with Gasteiger partial charge in [-0.25, -0.2) is 14.7 Å². The lowest BCUT2D eigenvalue weighted by atomic mass is 10.1. The molecule has 2 aromatic rings. The Morgan fingerprint density at radius 2 is 2.33 bits per heavy atom. The lowest BCUT2D eigenvalue weighted by Crippen LogP contribution is -2.48. The molecule has 3 rings (SSSR count). The van der Waals surface area contributed by atoms with Crippen molar-refractivity contribution in [1.82, 2.24) is 30.3 Å². The van der Waals surface area contributed by atoms with Crippen LogP contribution < -0.4 is 10.6 Å². The predicted octanol–water partition coefficient (Wildman–Crippen LogP) is 0.360. The van der Waals surface area contributed by atoms with Crippen molar-refractivity contribution in [3.05, 3.63) is 35.8 Å². The Labute approximate surface area is 158 Å². The summed E-state index contributed by atoms with van der Waals surface area (Å²) >= 11 is 0. The van der Waals surface area contributed by atoms with Crippen molar-refractivity contribution in [3.8, 4) is 0 Å². The SMILES string of the molecule is Cc1nc2n(n1)CC(NC(=NCC(=O)N(C)C)NCCc1ccco1)CC2. The Morgan fingerprint density at radius 3 is 3.07 bits per heavy atom. The summed E-state index contributed by atoms with van der Waals surface area (Å²) in [5.41, 5.74) is 0. The van der Waals surface area contributed by atoms with E-state index in [9.17, 15) is 4.79 Å². The largest absolute Gasteiger partial charge is 0.469 e. The molecule has 0 aromatic carbocycles. The molecule has 1 atom stereocenters. The number of likely N-dealkylation sites (N-methyl/N-ethyl adjacent to an activating group) is 1. The van der Waals surface area contributed by atoms with Gasteiger partial charge in [0, 0.05) is 39.5 Å². The fourth-order valence-electron chi connectivity index (χ4n) is 2.94. The van der Waals surface area contributed by atoms with Crippen LogP contribution in [-0.2, 0) is 24.2 Å². The van der Waals surface area contributed by atoms with Crippen molar-refractivity contribution in [1.29, 1.82) is 0 Å². The minimum atomic E-state index is -0.0417. The van der Waals surface area contributed by atoms with Gasteiger partial charge in [-0.15, -0.1) is 0 Å². The Bertz CT molecular complexity index is 780. The summed E-state index contributed by atoms with van der Waals surface area (Å²) in [5, 5.41) is 11.2. The molecular weight excluding hydrogens is 346 g/mol. The van der Waals surface area contributed by atoms with Crippen LogP contribution in [0.15, 0.2) is 27.8 Å². The number of nitrogens with zero attached hydrogens (tertiary/aromatic N) is 5. The third-order valence-corrected chi connectivity index (χ3v) is 4.42. The molecule has 1 amide bonds. The minimum absolute atomic E-state index is 0.0417. The number of aromatic nitrogens is 3. The third-order valence-electron chi connectivity index (χ3n) is 4.42. The average molecular weight is 373 g/mol. The van der Waals surface area contributed by atoms with Crippen LogP contribution in [0.3, 0.4) is 0 Å². The second-order valence-electron chi connectivity index (χ2n) is 6.85. The number of carbonyl (C=O) groups is 1. The molecular formula is C18H27N7O2. The molecule has 0 bridgehead atoms. The molecule has 0 saturated carbocycles. The molecule has 3 heterocycles. The highest BCUT2D eigenvalue weighted by Gasteiger charge is 2.21. The predicted molar refractivity (Wildman–Crippen MR) is 101 cm³/mol. The van der Waals surface area contributed by atoms with Crippen LogP contribution in [0.2, 0.25) is 0 Å². The maximum absolute atomic E-state index is 11.9. The molecule has 1 unspecified atom stereocenters. The molecule has 0 aliphatic carbocycles. The molecule has 9 heteroatoms. The van der Waals surface area contributed by atoms with E-state index in [1.807, 2.05) is 23.7 Å². The van der Waals surface area contributed by atoms with Crippen LogP contribution >= 0.6 is 0 Å². The fraction of sp³-hybridized carbons (Fsp3) is 0.556. The second-order valence-corrected chi connectivity index (χ2v) is 6.85. The van der Waals surface area contributed by atoms with Crippen LogP contribution in [0, 0.1) is 6.92 Å². The summed E-state index contributed by atoms with van der Waals surface area (Å²) in [5.74, 6) is 3.32. The van der Waals surface area contributed by atoms with E-state index >= 15 is 0 Å². The van der Waals surface area contributed by atoms with E-state index in [0.717, 1.165) is 43.2 Å². The van der Waals surface area contributed by atoms with Gasteiger partial charge in [-0.2, -0.15) is 5.10 Å². The summed E-state index contributed by atoms with van der Waals surface area (Å²) in [7, 11) is 3.45. The van der Waals surface area contributed by atoms with Crippen LogP contribution in [0.25, 0.3) is 0 Å². The maximum atomic E-state index is 11.9. The first-order valence-corrected chi connectivity index (χ1v) is 9.19. The van der Waals surface area contributed by atoms with E-state index in [4.69, 9.17) is 4.42 Å². The number of aliphatic imine (C=N–C) groups is 1. The molecule has 1 aliphatic heterocycles. The zero-order chi connectivity index (χ0) is 19.2. The summed E-state index contributed by atoms with van der Waals surface area (Å²) in [6.45, 7) is 3.40. The Hall–Kier alpha value is -2.84. The van der Waals surface area contributed by atoms with Gasteiger partial charge in [0.15, 0.2) is 5.96 Å². The molecule has 1 aliphatic rings. The third kappa shape index (κ3) is 5.32. The van der Waals surface area contributed by atoms with Gasteiger partial charge in [0.1, 0.15) is 24.0 Å². The number of carbonyl (C=O) groups excluding carboxylic acids is 1. The van der Waals surface area contributed by atoms with Gasteiger partial charge in [0.25, 0.3) is 0 Å². The van der Waals surface area contributed by atoms with E-state index in [-0.39, 0.29) is 18.5 Å². The monoisotopic (exact) mass is 373 g/mol. The number of fused-ring (bicyclic) bond motifs is 1. The number of guanidine groups is 1. The van der Waals surface area contributed by atoms with Crippen LogP contribution in [0.5, 0.6) is 0 Å². The number of amides is 1. The number of furan rings is 1. The van der Waals surface area contributed by atoms with Crippen LogP contribution in [0.4, 0.5) is 0 Å². The number of nitrogens with one attached hydrogen (secondary N) is 2. The summed E-state index contributed by atoms with van der Waals surface area (Å²) in [4.78, 5) is 22.3. The summed E-state index contributed by atoms with van der Waals surface area (Å²) in [6.07, 6.45) is 4.22. The molecule has 0 radical (unpaired) electrons. The fourth-order valence-corrected chi connectivity index (χ4v) is 2.94. The molecule has 2 aromatic heterocycles. The van der Waals surface area contributed by atoms with Gasteiger partial charge in [0.05, 0.1) is 12.8 Å². The molecule has 9 nitrogen and oxygen atoms in total. The Morgan fingerprint density at radius 1 is 1.48 bits per heavy atom. The first-order valence-electron chi connectivity index (χ1n) is 9.19. The van der Waals surface area contributed by atoms with Gasteiger partial charge in [-0.05, 0) is 25.5 Å². The number of hydrogen-bond donors (Lipinski definition) is 2. The number of rotatable bonds is 6. The van der Waals surface area contributed by atoms with Crippen molar-refractivity contribution >= 4 is 11.9 Å². The van der Waals surface area contributed by atoms with Crippen molar-refractivity contribution in [2.45, 2.75) is 38.8 Å². The molecule has 0 saturated heterocycles. The molecule has 0 spiro atoms. The zero-order valence-corrected chi connectivity index (χ0v) is 16.1. The van der Waals surface area contributed by atoms with E-state index in [2.05, 4.69) is 25.7 Å². The van der Waals surface area contributed by atoms with Crippen molar-refractivity contribution in [3.63, 3.8) is 0 Å². The van der Waals surface area contributed by atoms with Crippen molar-refractivity contribution < 1.29 is 9.21 Å². The van der Waals surface area contributed by atoms with E-state index < -0.39 is 0 Å². The molecule has 2 N–H and O–H groups in total. The second kappa shape index (κ2) is 8.70. The highest BCUT2D eigenvalue weighted by atomic mass is 16.3. The smallest absolute Gasteiger partial charge is 0.243 e. The van der Waals surface area contributed by atoms with Crippen molar-refractivity contribution in [2.75, 3.05) is 27.2 Å². The van der Waals surface area contributed by atoms with Gasteiger partial charge in [-0.1, -0.05) is 0 Å². The lowest BCUT2D eigenvalue weighted by Gasteiger charge is -2.25. The van der Waals surface area contributed by atoms with Crippen LogP contribution in [0.1, 0.15) is 23.8 Å². The quantitative estimate of drug-likeness (QED) is 0.560. The Kier molecular flexibility index (Phi) is 6.10. The molecule has 0 fully saturated rings. The van der Waals surface area contributed by atoms with E-state index in [1.54, 1.807) is 20.4 Å². The average Bonchev–Trinajstić information content (AvgIpc) is 3.27. The summed E-state index contributed by atoms with van der Waals surface area (Å²) in [6, 6.07) is 4.00. The molecule has 146 valence electrons. The highest BCUT2D eigenvalue weighted by Crippen LogP contribution is 2.12. The van der Waals surface area contributed by atoms with Gasteiger partial charge < -0.3 is 20.0 Å². The highest BCUT2D eigenvalue weighted by molar-refractivity contribution is 5.84. The zero-order valence-electron chi connectivity index (χ0n) is 16.1. The standard InChI is InChI=1S/C18H27N7O2/c1-13-21-16-7-6-14(12-25(16)23-13)22-18(20-11-17(26)24(2)3)19-9-8-15-5-4-10-27-15/h4-5,10,14H,6-9,11-12H2,1-3H3,(H2,19,20,22). The van der Waals surface area contributed by atoms with Crippen molar-refractivity contribution in [2.24, 2.45) is 4.99 Å². The minimum Gasteiger partial charge on any atom is -0.469 e. The van der Waals surface area contributed by atoms with Crippen LogP contribution in [-0.4, -0.2) is 64.8 Å². The molecule has 27 heavy (non-hydrogen) atoms. The Balaban J connectivity index is 1.60. The number of aryl methyl sites for hydroxylation is 2. The topological polar surface area (TPSA) is 101 Å². The lowest BCUT2D eigenvalue weighted by molar-refractivity contribution is -0.127. The van der Waals surface area contributed by atoms with E-state index in [0.29, 0.717) is 12.5 Å². The first kappa shape index (κ1) is 18.9. The normalized spacial score (nSPS) is 16.7. The first-order chi connectivity index (χ1) is 13.0. The van der Waals surface area contributed by atoms with E-state index in [1.165, 1.54) is 4.90 Å². The maximum Gasteiger partial charge on any atom is 0.243 e. The van der Waals surface area contributed by atoms with Gasteiger partial charge >= 0.3 is 0 Å². The summed E-state index contributed by atoms with van der Waals surface area (Å²) < 4.78 is 7.30. The van der Waals surface area contributed by atoms with Gasteiger partial charge in [-0.3, -0.25) is 4.79 Å². The number of hydrogen-bond acceptors (Lipinski definition) is 5.